The van der Waals surface area contributed by atoms with Gasteiger partial charge in [-0.2, -0.15) is 0 Å². The van der Waals surface area contributed by atoms with Crippen LogP contribution in [0.5, 0.6) is 0 Å². The van der Waals surface area contributed by atoms with Crippen molar-refractivity contribution >= 4 is 20.7 Å². The summed E-state index contributed by atoms with van der Waals surface area (Å²) in [6, 6.07) is 8.28. The molecule has 1 aromatic rings. The summed E-state index contributed by atoms with van der Waals surface area (Å²) >= 11 is 0. The van der Waals surface area contributed by atoms with Crippen LogP contribution < -0.4 is 5.14 Å². The van der Waals surface area contributed by atoms with Crippen LogP contribution in [0.15, 0.2) is 36.9 Å². The molecule has 14 heavy (non-hydrogen) atoms. The van der Waals surface area contributed by atoms with Gasteiger partial charge >= 0.3 is 0 Å². The Bertz CT molecular complexity index is 462. The molecule has 0 aromatic heterocycles. The number of sulfonamides is 1. The van der Waals surface area contributed by atoms with Gasteiger partial charge in [-0.05, 0) is 5.56 Å². The van der Waals surface area contributed by atoms with Gasteiger partial charge in [0.1, 0.15) is 0 Å². The number of carbonyl (C=O) groups excluding carboxylic acids is 1. The van der Waals surface area contributed by atoms with Gasteiger partial charge in [0.2, 0.25) is 0 Å². The lowest BCUT2D eigenvalue weighted by Gasteiger charge is -2.01. The highest BCUT2D eigenvalue weighted by molar-refractivity contribution is 8.05. The van der Waals surface area contributed by atoms with Crippen LogP contribution >= 0.6 is 0 Å². The van der Waals surface area contributed by atoms with E-state index in [4.69, 9.17) is 0 Å². The third kappa shape index (κ3) is 2.27. The van der Waals surface area contributed by atoms with E-state index < -0.39 is 15.1 Å². The number of primary sulfonamides is 1. The van der Waals surface area contributed by atoms with E-state index in [-0.39, 0.29) is 5.57 Å². The SMILES string of the molecule is C=C(C(=O)S(N)(=O)=O)c1ccccc1. The molecule has 0 aliphatic rings. The zero-order valence-electron chi connectivity index (χ0n) is 7.30. The first-order chi connectivity index (χ1) is 6.43. The van der Waals surface area contributed by atoms with Crippen molar-refractivity contribution in [1.82, 2.24) is 0 Å². The van der Waals surface area contributed by atoms with Gasteiger partial charge in [0.15, 0.2) is 0 Å². The molecule has 0 bridgehead atoms. The molecule has 0 radical (unpaired) electrons. The second-order valence-electron chi connectivity index (χ2n) is 2.68. The summed E-state index contributed by atoms with van der Waals surface area (Å²) in [7, 11) is -4.19. The van der Waals surface area contributed by atoms with Crippen LogP contribution in [0.3, 0.4) is 0 Å². The van der Waals surface area contributed by atoms with E-state index in [1.54, 1.807) is 30.3 Å². The first kappa shape index (κ1) is 10.6. The molecule has 0 heterocycles. The molecule has 2 N–H and O–H groups in total. The minimum absolute atomic E-state index is 0.117. The van der Waals surface area contributed by atoms with Crippen molar-refractivity contribution in [3.63, 3.8) is 0 Å². The smallest absolute Gasteiger partial charge is 0.274 e. The van der Waals surface area contributed by atoms with E-state index in [1.807, 2.05) is 0 Å². The lowest BCUT2D eigenvalue weighted by Crippen LogP contribution is -2.23. The van der Waals surface area contributed by atoms with E-state index in [0.29, 0.717) is 5.56 Å². The number of hydrogen-bond acceptors (Lipinski definition) is 3. The average molecular weight is 211 g/mol. The zero-order valence-corrected chi connectivity index (χ0v) is 8.12. The topological polar surface area (TPSA) is 77.2 Å². The van der Waals surface area contributed by atoms with Gasteiger partial charge in [-0.25, -0.2) is 13.6 Å². The van der Waals surface area contributed by atoms with Gasteiger partial charge in [-0.15, -0.1) is 0 Å². The highest BCUT2D eigenvalue weighted by Crippen LogP contribution is 2.13. The summed E-state index contributed by atoms with van der Waals surface area (Å²) in [6.07, 6.45) is 0. The normalized spacial score (nSPS) is 10.9. The van der Waals surface area contributed by atoms with Crippen molar-refractivity contribution in [2.75, 3.05) is 0 Å². The second kappa shape index (κ2) is 3.73. The molecule has 0 saturated carbocycles. The van der Waals surface area contributed by atoms with Crippen molar-refractivity contribution in [1.29, 1.82) is 0 Å². The van der Waals surface area contributed by atoms with Crippen molar-refractivity contribution in [2.24, 2.45) is 5.14 Å². The summed E-state index contributed by atoms with van der Waals surface area (Å²) in [6.45, 7) is 3.38. The number of hydrogen-bond donors (Lipinski definition) is 1. The van der Waals surface area contributed by atoms with E-state index >= 15 is 0 Å². The van der Waals surface area contributed by atoms with Gasteiger partial charge in [0.05, 0.1) is 0 Å². The molecule has 0 atom stereocenters. The molecule has 0 aliphatic carbocycles. The van der Waals surface area contributed by atoms with E-state index in [9.17, 15) is 13.2 Å². The van der Waals surface area contributed by atoms with Crippen molar-refractivity contribution in [2.45, 2.75) is 0 Å². The zero-order chi connectivity index (χ0) is 10.8. The summed E-state index contributed by atoms with van der Waals surface area (Å²) in [5, 5.41) is 3.53. The van der Waals surface area contributed by atoms with Crippen LogP contribution in [0.2, 0.25) is 0 Å². The molecule has 4 nitrogen and oxygen atoms in total. The standard InChI is InChI=1S/C9H9NO3S/c1-7(9(11)14(10,12)13)8-5-3-2-4-6-8/h2-6H,1H2,(H2,10,12,13). The fraction of sp³-hybridized carbons (Fsp3) is 0. The minimum atomic E-state index is -4.19. The molecule has 1 aromatic carbocycles. The second-order valence-corrected chi connectivity index (χ2v) is 4.14. The van der Waals surface area contributed by atoms with Gasteiger partial charge < -0.3 is 0 Å². The average Bonchev–Trinajstić information content (AvgIpc) is 2.15. The first-order valence-electron chi connectivity index (χ1n) is 3.74. The molecule has 1 rings (SSSR count). The predicted octanol–water partition coefficient (Wildman–Crippen LogP) is 0.515. The third-order valence-corrected chi connectivity index (χ3v) is 2.39. The fourth-order valence-electron chi connectivity index (χ4n) is 0.929. The number of rotatable bonds is 2. The summed E-state index contributed by atoms with van der Waals surface area (Å²) < 4.78 is 21.4. The Hall–Kier alpha value is -1.46. The number of nitrogens with two attached hydrogens (primary N) is 1. The lowest BCUT2D eigenvalue weighted by atomic mass is 10.1. The molecule has 74 valence electrons. The Morgan fingerprint density at radius 1 is 1.21 bits per heavy atom. The van der Waals surface area contributed by atoms with Crippen molar-refractivity contribution in [3.05, 3.63) is 42.5 Å². The van der Waals surface area contributed by atoms with Crippen molar-refractivity contribution < 1.29 is 13.2 Å². The summed E-state index contributed by atoms with van der Waals surface area (Å²) in [4.78, 5) is 11.2. The molecule has 0 unspecified atom stereocenters. The van der Waals surface area contributed by atoms with Crippen LogP contribution in [0.4, 0.5) is 0 Å². The minimum Gasteiger partial charge on any atom is -0.274 e. The summed E-state index contributed by atoms with van der Waals surface area (Å²) in [5.74, 6) is 0. The lowest BCUT2D eigenvalue weighted by molar-refractivity contribution is -0.107. The van der Waals surface area contributed by atoms with Crippen LogP contribution in [0, 0.1) is 0 Å². The predicted molar refractivity (Wildman–Crippen MR) is 53.6 cm³/mol. The van der Waals surface area contributed by atoms with Gasteiger partial charge in [-0.1, -0.05) is 36.9 Å². The maximum absolute atomic E-state index is 11.2. The monoisotopic (exact) mass is 211 g/mol. The van der Waals surface area contributed by atoms with Crippen LogP contribution in [-0.4, -0.2) is 13.5 Å². The van der Waals surface area contributed by atoms with E-state index in [2.05, 4.69) is 11.7 Å². The van der Waals surface area contributed by atoms with E-state index in [0.717, 1.165) is 0 Å². The number of carbonyl (C=O) groups is 1. The maximum Gasteiger partial charge on any atom is 0.291 e. The van der Waals surface area contributed by atoms with Crippen LogP contribution in [0.25, 0.3) is 5.57 Å². The molecule has 0 aliphatic heterocycles. The molecule has 0 saturated heterocycles. The summed E-state index contributed by atoms with van der Waals surface area (Å²) in [5.41, 5.74) is 0.333. The van der Waals surface area contributed by atoms with Crippen LogP contribution in [0.1, 0.15) is 5.56 Å². The van der Waals surface area contributed by atoms with Gasteiger partial charge in [0, 0.05) is 5.57 Å². The van der Waals surface area contributed by atoms with Gasteiger partial charge in [-0.3, -0.25) is 4.79 Å². The molecular weight excluding hydrogens is 202 g/mol. The molecule has 0 amide bonds. The number of benzene rings is 1. The highest BCUT2D eigenvalue weighted by Gasteiger charge is 2.20. The maximum atomic E-state index is 11.2. The molecular formula is C9H9NO3S. The Morgan fingerprint density at radius 3 is 2.14 bits per heavy atom. The largest absolute Gasteiger partial charge is 0.291 e. The third-order valence-electron chi connectivity index (χ3n) is 1.63. The molecule has 0 fully saturated rings. The molecule has 0 spiro atoms. The Balaban J connectivity index is 3.05. The van der Waals surface area contributed by atoms with E-state index in [1.165, 1.54) is 0 Å². The molecule has 5 heteroatoms. The van der Waals surface area contributed by atoms with Crippen LogP contribution in [-0.2, 0) is 14.8 Å². The Morgan fingerprint density at radius 2 is 1.71 bits per heavy atom. The Labute approximate surface area is 82.1 Å². The van der Waals surface area contributed by atoms with Gasteiger partial charge in [0.25, 0.3) is 15.1 Å². The first-order valence-corrected chi connectivity index (χ1v) is 5.29. The van der Waals surface area contributed by atoms with Crippen molar-refractivity contribution in [3.8, 4) is 0 Å². The Kier molecular flexibility index (Phi) is 2.83. The fourth-order valence-corrected chi connectivity index (χ4v) is 1.39. The quantitative estimate of drug-likeness (QED) is 0.724. The highest BCUT2D eigenvalue weighted by atomic mass is 32.2.